The number of rotatable bonds is 5. The van der Waals surface area contributed by atoms with Crippen molar-refractivity contribution < 1.29 is 4.74 Å². The molecule has 2 rings (SSSR count). The van der Waals surface area contributed by atoms with E-state index in [2.05, 4.69) is 49.0 Å². The number of benzene rings is 2. The number of hydrazone groups is 1. The molecule has 5 heteroatoms. The first-order chi connectivity index (χ1) is 10.1. The summed E-state index contributed by atoms with van der Waals surface area (Å²) in [7, 11) is 0. The number of ether oxygens (including phenoxy) is 1. The van der Waals surface area contributed by atoms with Gasteiger partial charge in [-0.25, -0.2) is 0 Å². The average molecular weight is 459 g/mol. The van der Waals surface area contributed by atoms with Crippen LogP contribution in [0, 0.1) is 3.57 Å². The van der Waals surface area contributed by atoms with Gasteiger partial charge in [-0.05, 0) is 60.7 Å². The number of anilines is 1. The van der Waals surface area contributed by atoms with Gasteiger partial charge in [0, 0.05) is 10.0 Å². The molecule has 0 fully saturated rings. The van der Waals surface area contributed by atoms with Gasteiger partial charge in [0.25, 0.3) is 0 Å². The molecular formula is C16H16BrIN2O. The van der Waals surface area contributed by atoms with Crippen LogP contribution in [0.5, 0.6) is 5.75 Å². The number of halogens is 2. The maximum Gasteiger partial charge on any atom is 0.141 e. The smallest absolute Gasteiger partial charge is 0.141 e. The van der Waals surface area contributed by atoms with Crippen LogP contribution in [0.15, 0.2) is 52.0 Å². The van der Waals surface area contributed by atoms with Gasteiger partial charge in [-0.15, -0.1) is 0 Å². The predicted octanol–water partition coefficient (Wildman–Crippen LogP) is 5.29. The van der Waals surface area contributed by atoms with Gasteiger partial charge in [0.2, 0.25) is 0 Å². The Balaban J connectivity index is 2.21. The second kappa shape index (κ2) is 7.79. The minimum absolute atomic E-state index is 0.119. The van der Waals surface area contributed by atoms with Crippen LogP contribution in [-0.2, 0) is 0 Å². The van der Waals surface area contributed by atoms with Crippen LogP contribution in [0.1, 0.15) is 19.4 Å². The van der Waals surface area contributed by atoms with E-state index >= 15 is 0 Å². The maximum atomic E-state index is 5.89. The van der Waals surface area contributed by atoms with Crippen molar-refractivity contribution in [2.75, 3.05) is 5.43 Å². The van der Waals surface area contributed by atoms with E-state index in [4.69, 9.17) is 4.74 Å². The highest BCUT2D eigenvalue weighted by Crippen LogP contribution is 2.29. The molecule has 0 aliphatic rings. The number of hydrogen-bond donors (Lipinski definition) is 1. The molecule has 0 bridgehead atoms. The predicted molar refractivity (Wildman–Crippen MR) is 100 cm³/mol. The van der Waals surface area contributed by atoms with E-state index in [0.717, 1.165) is 25.0 Å². The lowest BCUT2D eigenvalue weighted by Crippen LogP contribution is -2.09. The number of nitrogens with one attached hydrogen (secondary N) is 1. The largest absolute Gasteiger partial charge is 0.489 e. The topological polar surface area (TPSA) is 33.6 Å². The molecule has 0 radical (unpaired) electrons. The van der Waals surface area contributed by atoms with E-state index in [-0.39, 0.29) is 6.10 Å². The Morgan fingerprint density at radius 2 is 1.95 bits per heavy atom. The van der Waals surface area contributed by atoms with Crippen molar-refractivity contribution in [1.29, 1.82) is 0 Å². The van der Waals surface area contributed by atoms with E-state index in [1.54, 1.807) is 6.21 Å². The van der Waals surface area contributed by atoms with Gasteiger partial charge in [-0.3, -0.25) is 5.43 Å². The van der Waals surface area contributed by atoms with Gasteiger partial charge in [-0.2, -0.15) is 5.10 Å². The van der Waals surface area contributed by atoms with Crippen LogP contribution in [0.25, 0.3) is 0 Å². The van der Waals surface area contributed by atoms with Crippen LogP contribution in [-0.4, -0.2) is 12.3 Å². The van der Waals surface area contributed by atoms with Gasteiger partial charge < -0.3 is 4.74 Å². The first-order valence-electron chi connectivity index (χ1n) is 6.56. The monoisotopic (exact) mass is 458 g/mol. The molecule has 0 unspecified atom stereocenters. The van der Waals surface area contributed by atoms with Gasteiger partial charge in [0.05, 0.1) is 21.6 Å². The Bertz CT molecular complexity index is 630. The van der Waals surface area contributed by atoms with Crippen LogP contribution < -0.4 is 10.2 Å². The summed E-state index contributed by atoms with van der Waals surface area (Å²) in [5.74, 6) is 0.854. The molecule has 3 nitrogen and oxygen atoms in total. The Labute approximate surface area is 147 Å². The normalized spacial score (nSPS) is 11.1. The van der Waals surface area contributed by atoms with Crippen molar-refractivity contribution in [2.24, 2.45) is 5.10 Å². The van der Waals surface area contributed by atoms with Crippen molar-refractivity contribution >= 4 is 50.4 Å². The fourth-order valence-electron chi connectivity index (χ4n) is 1.73. The first-order valence-corrected chi connectivity index (χ1v) is 8.43. The third kappa shape index (κ3) is 5.00. The van der Waals surface area contributed by atoms with E-state index in [0.29, 0.717) is 0 Å². The van der Waals surface area contributed by atoms with E-state index < -0.39 is 0 Å². The Morgan fingerprint density at radius 1 is 1.24 bits per heavy atom. The van der Waals surface area contributed by atoms with Gasteiger partial charge in [0.15, 0.2) is 0 Å². The SMILES string of the molecule is CC(C)Oc1c(I)cc(Br)cc1C=NNc1ccccc1. The van der Waals surface area contributed by atoms with Crippen LogP contribution >= 0.6 is 38.5 Å². The van der Waals surface area contributed by atoms with Crippen molar-refractivity contribution in [2.45, 2.75) is 20.0 Å². The van der Waals surface area contributed by atoms with Gasteiger partial charge >= 0.3 is 0 Å². The minimum Gasteiger partial charge on any atom is -0.489 e. The molecule has 0 atom stereocenters. The first kappa shape index (κ1) is 16.3. The highest BCUT2D eigenvalue weighted by Gasteiger charge is 2.10. The second-order valence-corrected chi connectivity index (χ2v) is 6.79. The lowest BCUT2D eigenvalue weighted by atomic mass is 10.2. The lowest BCUT2D eigenvalue weighted by Gasteiger charge is -2.14. The molecular weight excluding hydrogens is 443 g/mol. The Kier molecular flexibility index (Phi) is 6.05. The third-order valence-corrected chi connectivity index (χ3v) is 3.82. The molecule has 0 saturated heterocycles. The molecule has 2 aromatic carbocycles. The summed E-state index contributed by atoms with van der Waals surface area (Å²) < 4.78 is 7.94. The average Bonchev–Trinajstić information content (AvgIpc) is 2.43. The molecule has 0 amide bonds. The highest BCUT2D eigenvalue weighted by atomic mass is 127. The van der Waals surface area contributed by atoms with Crippen molar-refractivity contribution in [3.63, 3.8) is 0 Å². The van der Waals surface area contributed by atoms with Crippen LogP contribution in [0.4, 0.5) is 5.69 Å². The second-order valence-electron chi connectivity index (χ2n) is 4.71. The van der Waals surface area contributed by atoms with E-state index in [9.17, 15) is 0 Å². The van der Waals surface area contributed by atoms with Crippen molar-refractivity contribution in [3.8, 4) is 5.75 Å². The van der Waals surface area contributed by atoms with Crippen molar-refractivity contribution in [1.82, 2.24) is 0 Å². The summed E-state index contributed by atoms with van der Waals surface area (Å²) >= 11 is 5.78. The summed E-state index contributed by atoms with van der Waals surface area (Å²) in [6.45, 7) is 4.03. The maximum absolute atomic E-state index is 5.89. The zero-order valence-electron chi connectivity index (χ0n) is 11.8. The van der Waals surface area contributed by atoms with Crippen LogP contribution in [0.3, 0.4) is 0 Å². The fraction of sp³-hybridized carbons (Fsp3) is 0.188. The molecule has 110 valence electrons. The number of hydrogen-bond acceptors (Lipinski definition) is 3. The van der Waals surface area contributed by atoms with Crippen LogP contribution in [0.2, 0.25) is 0 Å². The molecule has 0 aliphatic heterocycles. The molecule has 0 aromatic heterocycles. The van der Waals surface area contributed by atoms with Gasteiger partial charge in [0.1, 0.15) is 5.75 Å². The fourth-order valence-corrected chi connectivity index (χ4v) is 3.40. The molecule has 0 saturated carbocycles. The van der Waals surface area contributed by atoms with E-state index in [1.807, 2.05) is 56.3 Å². The zero-order valence-corrected chi connectivity index (χ0v) is 15.6. The molecule has 0 heterocycles. The standard InChI is InChI=1S/C16H16BrIN2O/c1-11(2)21-16-12(8-13(17)9-15(16)18)10-19-20-14-6-4-3-5-7-14/h3-11,20H,1-2H3. The third-order valence-electron chi connectivity index (χ3n) is 2.56. The van der Waals surface area contributed by atoms with Crippen molar-refractivity contribution in [3.05, 3.63) is 56.1 Å². The molecule has 21 heavy (non-hydrogen) atoms. The molecule has 0 spiro atoms. The van der Waals surface area contributed by atoms with Gasteiger partial charge in [-0.1, -0.05) is 34.1 Å². The molecule has 0 aliphatic carbocycles. The molecule has 1 N–H and O–H groups in total. The summed E-state index contributed by atoms with van der Waals surface area (Å²) in [5.41, 5.74) is 4.89. The lowest BCUT2D eigenvalue weighted by molar-refractivity contribution is 0.240. The summed E-state index contributed by atoms with van der Waals surface area (Å²) in [6.07, 6.45) is 1.89. The number of para-hydroxylation sites is 1. The summed E-state index contributed by atoms with van der Waals surface area (Å²) in [5, 5.41) is 4.28. The summed E-state index contributed by atoms with van der Waals surface area (Å²) in [6, 6.07) is 13.9. The zero-order chi connectivity index (χ0) is 15.2. The summed E-state index contributed by atoms with van der Waals surface area (Å²) in [4.78, 5) is 0. The number of nitrogens with zero attached hydrogens (tertiary/aromatic N) is 1. The Morgan fingerprint density at radius 3 is 2.62 bits per heavy atom. The quantitative estimate of drug-likeness (QED) is 0.375. The van der Waals surface area contributed by atoms with E-state index in [1.165, 1.54) is 0 Å². The molecule has 2 aromatic rings. The minimum atomic E-state index is 0.119. The highest BCUT2D eigenvalue weighted by molar-refractivity contribution is 14.1. The Hall–Kier alpha value is -1.08.